The van der Waals surface area contributed by atoms with Gasteiger partial charge in [0.25, 0.3) is 0 Å². The maximum atomic E-state index is 10.4. The number of nitrogens with two attached hydrogens (primary N) is 1. The number of ether oxygens (including phenoxy) is 1. The van der Waals surface area contributed by atoms with Crippen LogP contribution < -0.4 is 11.1 Å². The van der Waals surface area contributed by atoms with Gasteiger partial charge in [-0.05, 0) is 12.8 Å². The molecule has 0 bridgehead atoms. The number of aryl methyl sites for hydroxylation is 2. The summed E-state index contributed by atoms with van der Waals surface area (Å²) in [5.41, 5.74) is 6.81. The summed E-state index contributed by atoms with van der Waals surface area (Å²) in [5, 5.41) is 11.1. The van der Waals surface area contributed by atoms with E-state index in [0.29, 0.717) is 19.1 Å². The van der Waals surface area contributed by atoms with Crippen molar-refractivity contribution in [2.24, 2.45) is 5.73 Å². The molecule has 0 aromatic carbocycles. The average molecular weight is 253 g/mol. The summed E-state index contributed by atoms with van der Waals surface area (Å²) in [5.74, 6) is 0.000194. The maximum Gasteiger partial charge on any atom is 0.243 e. The molecule has 3 N–H and O–H groups in total. The molecule has 7 nitrogen and oxygen atoms in total. The second-order valence-corrected chi connectivity index (χ2v) is 3.68. The minimum Gasteiger partial charge on any atom is -0.370 e. The Bertz CT molecular complexity index is 397. The molecule has 0 saturated heterocycles. The molecule has 18 heavy (non-hydrogen) atoms. The standard InChI is InChI=1S/C11H19N5O2/c1-3-8-9(4-2)15-16-11(14-8)13-5-6-18-7-10(12)17/h3-7H2,1-2H3,(H2,12,17)(H,13,14,16). The third-order valence-corrected chi connectivity index (χ3v) is 2.28. The topological polar surface area (TPSA) is 103 Å². The molecule has 7 heteroatoms. The number of hydrogen-bond acceptors (Lipinski definition) is 6. The van der Waals surface area contributed by atoms with E-state index in [9.17, 15) is 4.79 Å². The van der Waals surface area contributed by atoms with Gasteiger partial charge < -0.3 is 15.8 Å². The van der Waals surface area contributed by atoms with Crippen LogP contribution in [0.5, 0.6) is 0 Å². The highest BCUT2D eigenvalue weighted by molar-refractivity contribution is 5.74. The van der Waals surface area contributed by atoms with E-state index in [1.165, 1.54) is 0 Å². The van der Waals surface area contributed by atoms with Crippen LogP contribution in [0.2, 0.25) is 0 Å². The molecule has 1 aromatic heterocycles. The van der Waals surface area contributed by atoms with Gasteiger partial charge >= 0.3 is 0 Å². The first-order valence-electron chi connectivity index (χ1n) is 5.99. The van der Waals surface area contributed by atoms with Crippen molar-refractivity contribution in [2.45, 2.75) is 26.7 Å². The van der Waals surface area contributed by atoms with Crippen molar-refractivity contribution in [3.05, 3.63) is 11.4 Å². The van der Waals surface area contributed by atoms with Gasteiger partial charge in [-0.3, -0.25) is 4.79 Å². The monoisotopic (exact) mass is 253 g/mol. The van der Waals surface area contributed by atoms with Crippen LogP contribution in [0.25, 0.3) is 0 Å². The Labute approximate surface area is 106 Å². The fourth-order valence-electron chi connectivity index (χ4n) is 1.42. The van der Waals surface area contributed by atoms with Crippen LogP contribution in [0.3, 0.4) is 0 Å². The van der Waals surface area contributed by atoms with Crippen LogP contribution in [0.4, 0.5) is 5.95 Å². The number of aromatic nitrogens is 3. The lowest BCUT2D eigenvalue weighted by atomic mass is 10.2. The van der Waals surface area contributed by atoms with Crippen molar-refractivity contribution in [1.29, 1.82) is 0 Å². The highest BCUT2D eigenvalue weighted by Gasteiger charge is 2.05. The van der Waals surface area contributed by atoms with Crippen molar-refractivity contribution in [2.75, 3.05) is 25.1 Å². The van der Waals surface area contributed by atoms with E-state index < -0.39 is 5.91 Å². The summed E-state index contributed by atoms with van der Waals surface area (Å²) in [6.45, 7) is 4.85. The summed E-state index contributed by atoms with van der Waals surface area (Å²) in [6, 6.07) is 0. The number of nitrogens with zero attached hydrogens (tertiary/aromatic N) is 3. The lowest BCUT2D eigenvalue weighted by Gasteiger charge is -2.07. The van der Waals surface area contributed by atoms with Gasteiger partial charge in [-0.25, -0.2) is 4.98 Å². The fourth-order valence-corrected chi connectivity index (χ4v) is 1.42. The highest BCUT2D eigenvalue weighted by atomic mass is 16.5. The molecule has 0 fully saturated rings. The Morgan fingerprint density at radius 1 is 1.28 bits per heavy atom. The van der Waals surface area contributed by atoms with E-state index in [2.05, 4.69) is 20.5 Å². The Kier molecular flexibility index (Phi) is 5.99. The molecule has 0 radical (unpaired) electrons. The van der Waals surface area contributed by atoms with E-state index in [0.717, 1.165) is 24.2 Å². The third kappa shape index (κ3) is 4.62. The van der Waals surface area contributed by atoms with E-state index in [1.54, 1.807) is 0 Å². The Balaban J connectivity index is 2.40. The van der Waals surface area contributed by atoms with E-state index in [-0.39, 0.29) is 6.61 Å². The van der Waals surface area contributed by atoms with E-state index >= 15 is 0 Å². The Morgan fingerprint density at radius 2 is 2.00 bits per heavy atom. The first-order chi connectivity index (χ1) is 8.67. The number of hydrogen-bond donors (Lipinski definition) is 2. The molecule has 0 atom stereocenters. The number of nitrogens with one attached hydrogen (secondary N) is 1. The largest absolute Gasteiger partial charge is 0.370 e. The third-order valence-electron chi connectivity index (χ3n) is 2.28. The van der Waals surface area contributed by atoms with Crippen molar-refractivity contribution < 1.29 is 9.53 Å². The number of carbonyl (C=O) groups excluding carboxylic acids is 1. The Hall–Kier alpha value is -1.76. The van der Waals surface area contributed by atoms with Gasteiger partial charge in [0.1, 0.15) is 6.61 Å². The van der Waals surface area contributed by atoms with Crippen molar-refractivity contribution in [3.63, 3.8) is 0 Å². The van der Waals surface area contributed by atoms with Gasteiger partial charge in [-0.1, -0.05) is 13.8 Å². The molecule has 0 unspecified atom stereocenters. The number of primary amides is 1. The fraction of sp³-hybridized carbons (Fsp3) is 0.636. The molecular formula is C11H19N5O2. The van der Waals surface area contributed by atoms with Gasteiger partial charge in [-0.15, -0.1) is 5.10 Å². The second-order valence-electron chi connectivity index (χ2n) is 3.68. The molecular weight excluding hydrogens is 234 g/mol. The second kappa shape index (κ2) is 7.54. The van der Waals surface area contributed by atoms with Gasteiger partial charge in [0.2, 0.25) is 11.9 Å². The first kappa shape index (κ1) is 14.3. The quantitative estimate of drug-likeness (QED) is 0.628. The Morgan fingerprint density at radius 3 is 2.61 bits per heavy atom. The van der Waals surface area contributed by atoms with Gasteiger partial charge in [-0.2, -0.15) is 5.10 Å². The molecule has 0 aliphatic carbocycles. The van der Waals surface area contributed by atoms with Crippen LogP contribution in [0.15, 0.2) is 0 Å². The van der Waals surface area contributed by atoms with Crippen LogP contribution in [0.1, 0.15) is 25.2 Å². The molecule has 1 rings (SSSR count). The highest BCUT2D eigenvalue weighted by Crippen LogP contribution is 2.06. The molecule has 0 aliphatic heterocycles. The van der Waals surface area contributed by atoms with Crippen molar-refractivity contribution in [1.82, 2.24) is 15.2 Å². The number of carbonyl (C=O) groups is 1. The van der Waals surface area contributed by atoms with E-state index in [4.69, 9.17) is 10.5 Å². The van der Waals surface area contributed by atoms with Gasteiger partial charge in [0.15, 0.2) is 0 Å². The molecule has 1 heterocycles. The lowest BCUT2D eigenvalue weighted by molar-refractivity contribution is -0.122. The molecule has 1 aromatic rings. The molecule has 0 spiro atoms. The van der Waals surface area contributed by atoms with Crippen LogP contribution >= 0.6 is 0 Å². The number of rotatable bonds is 8. The zero-order valence-electron chi connectivity index (χ0n) is 10.8. The average Bonchev–Trinajstić information content (AvgIpc) is 2.37. The van der Waals surface area contributed by atoms with Gasteiger partial charge in [0.05, 0.1) is 18.0 Å². The van der Waals surface area contributed by atoms with Crippen LogP contribution in [-0.2, 0) is 22.4 Å². The molecule has 1 amide bonds. The van der Waals surface area contributed by atoms with Gasteiger partial charge in [0, 0.05) is 6.54 Å². The molecule has 100 valence electrons. The number of anilines is 1. The zero-order chi connectivity index (χ0) is 13.4. The number of amides is 1. The smallest absolute Gasteiger partial charge is 0.243 e. The van der Waals surface area contributed by atoms with Crippen molar-refractivity contribution in [3.8, 4) is 0 Å². The zero-order valence-corrected chi connectivity index (χ0v) is 10.8. The molecule has 0 aliphatic rings. The summed E-state index contributed by atoms with van der Waals surface area (Å²) in [4.78, 5) is 14.8. The minimum atomic E-state index is -0.478. The summed E-state index contributed by atoms with van der Waals surface area (Å²) in [7, 11) is 0. The first-order valence-corrected chi connectivity index (χ1v) is 5.99. The molecule has 0 saturated carbocycles. The van der Waals surface area contributed by atoms with Crippen molar-refractivity contribution >= 4 is 11.9 Å². The maximum absolute atomic E-state index is 10.4. The van der Waals surface area contributed by atoms with Crippen LogP contribution in [-0.4, -0.2) is 40.8 Å². The summed E-state index contributed by atoms with van der Waals surface area (Å²) in [6.07, 6.45) is 1.65. The predicted octanol–water partition coefficient (Wildman–Crippen LogP) is -0.0898. The minimum absolute atomic E-state index is 0.0736. The normalized spacial score (nSPS) is 10.3. The van der Waals surface area contributed by atoms with Crippen LogP contribution in [0, 0.1) is 0 Å². The lowest BCUT2D eigenvalue weighted by Crippen LogP contribution is -2.21. The van der Waals surface area contributed by atoms with E-state index in [1.807, 2.05) is 13.8 Å². The summed E-state index contributed by atoms with van der Waals surface area (Å²) < 4.78 is 5.01. The SMILES string of the molecule is CCc1nnc(NCCOCC(N)=O)nc1CC. The predicted molar refractivity (Wildman–Crippen MR) is 67.1 cm³/mol. The summed E-state index contributed by atoms with van der Waals surface area (Å²) >= 11 is 0.